The fraction of sp³-hybridized carbons (Fsp3) is 0. The summed E-state index contributed by atoms with van der Waals surface area (Å²) >= 11 is -0.711. The van der Waals surface area contributed by atoms with E-state index in [0.29, 0.717) is 0 Å². The van der Waals surface area contributed by atoms with Crippen LogP contribution in [0.3, 0.4) is 0 Å². The standard InChI is InChI=1S/2C6F5.Cu/c2*7-2-1-3(8)5(10)6(11)4(2)9;. The van der Waals surface area contributed by atoms with Gasteiger partial charge in [0.2, 0.25) is 0 Å². The predicted molar refractivity (Wildman–Crippen MR) is 51.7 cm³/mol. The van der Waals surface area contributed by atoms with Gasteiger partial charge < -0.3 is 0 Å². The Labute approximate surface area is 126 Å². The van der Waals surface area contributed by atoms with Crippen LogP contribution in [-0.4, -0.2) is 0 Å². The minimum absolute atomic E-state index is 0.711. The first-order chi connectivity index (χ1) is 10.6. The van der Waals surface area contributed by atoms with Crippen molar-refractivity contribution >= 4 is 8.92 Å². The Balaban J connectivity index is 2.71. The number of hydrogen-bond donors (Lipinski definition) is 0. The van der Waals surface area contributed by atoms with Gasteiger partial charge in [-0.05, 0) is 0 Å². The minimum atomic E-state index is -2.54. The summed E-state index contributed by atoms with van der Waals surface area (Å²) in [6.07, 6.45) is 0. The van der Waals surface area contributed by atoms with Crippen molar-refractivity contribution in [1.29, 1.82) is 0 Å². The van der Waals surface area contributed by atoms with E-state index >= 15 is 0 Å². The van der Waals surface area contributed by atoms with Crippen molar-refractivity contribution in [3.63, 3.8) is 0 Å². The van der Waals surface area contributed by atoms with Gasteiger partial charge in [-0.25, -0.2) is 0 Å². The molecule has 0 amide bonds. The first-order valence-corrected chi connectivity index (χ1v) is 6.13. The van der Waals surface area contributed by atoms with Crippen molar-refractivity contribution < 1.29 is 58.9 Å². The topological polar surface area (TPSA) is 0 Å². The maximum atomic E-state index is 13.4. The molecule has 23 heavy (non-hydrogen) atoms. The molecule has 0 radical (unpaired) electrons. The Hall–Kier alpha value is -1.74. The molecule has 0 fully saturated rings. The van der Waals surface area contributed by atoms with Gasteiger partial charge in [0.15, 0.2) is 0 Å². The summed E-state index contributed by atoms with van der Waals surface area (Å²) in [6, 6.07) is 0. The van der Waals surface area contributed by atoms with Crippen LogP contribution >= 0.6 is 0 Å². The molecule has 0 heterocycles. The molecular weight excluding hydrogens is 398 g/mol. The second-order valence-corrected chi connectivity index (χ2v) is 4.94. The Bertz CT molecular complexity index is 691. The van der Waals surface area contributed by atoms with E-state index in [-0.39, 0.29) is 0 Å². The number of hydrogen-bond acceptors (Lipinski definition) is 0. The molecule has 0 N–H and O–H groups in total. The zero-order valence-corrected chi connectivity index (χ0v) is 11.0. The summed E-state index contributed by atoms with van der Waals surface area (Å²) in [4.78, 5) is 0. The van der Waals surface area contributed by atoms with Gasteiger partial charge >= 0.3 is 126 Å². The third-order valence-corrected chi connectivity index (χ3v) is 3.69. The van der Waals surface area contributed by atoms with E-state index in [9.17, 15) is 43.9 Å². The first-order valence-electron chi connectivity index (χ1n) is 5.19. The summed E-state index contributed by atoms with van der Waals surface area (Å²) in [5.41, 5.74) is 0. The molecule has 11 heteroatoms. The van der Waals surface area contributed by atoms with Crippen molar-refractivity contribution in [3.8, 4) is 0 Å². The summed E-state index contributed by atoms with van der Waals surface area (Å²) in [6.45, 7) is 0. The molecule has 0 aliphatic carbocycles. The molecule has 0 nitrogen and oxygen atoms in total. The molecule has 0 saturated heterocycles. The molecule has 0 bridgehead atoms. The van der Waals surface area contributed by atoms with Crippen molar-refractivity contribution in [2.45, 2.75) is 0 Å². The summed E-state index contributed by atoms with van der Waals surface area (Å²) in [5.74, 6) is -24.8. The van der Waals surface area contributed by atoms with Crippen LogP contribution in [0.4, 0.5) is 43.9 Å². The van der Waals surface area contributed by atoms with Gasteiger partial charge in [0.1, 0.15) is 0 Å². The van der Waals surface area contributed by atoms with Crippen LogP contribution in [0.5, 0.6) is 0 Å². The van der Waals surface area contributed by atoms with E-state index in [2.05, 4.69) is 0 Å². The van der Waals surface area contributed by atoms with E-state index in [1.165, 1.54) is 0 Å². The van der Waals surface area contributed by atoms with Crippen molar-refractivity contribution in [1.82, 2.24) is 0 Å². The molecule has 0 aliphatic heterocycles. The molecule has 0 aliphatic rings. The van der Waals surface area contributed by atoms with Gasteiger partial charge in [0.25, 0.3) is 0 Å². The van der Waals surface area contributed by atoms with Crippen LogP contribution in [0.1, 0.15) is 0 Å². The van der Waals surface area contributed by atoms with E-state index < -0.39 is 82.1 Å². The number of rotatable bonds is 2. The fourth-order valence-electron chi connectivity index (χ4n) is 1.33. The third kappa shape index (κ3) is 2.67. The van der Waals surface area contributed by atoms with Crippen LogP contribution in [-0.2, 0) is 15.0 Å². The second kappa shape index (κ2) is 6.04. The SMILES string of the molecule is Fc1c(F)c(F)[c]([Cu][c]2c(F)c(F)c(F)c(F)c2F)c(F)c1F. The predicted octanol–water partition coefficient (Wildman–Crippen LogP) is 3.11. The van der Waals surface area contributed by atoms with Crippen LogP contribution in [0, 0.1) is 58.2 Å². The van der Waals surface area contributed by atoms with Gasteiger partial charge in [0, 0.05) is 0 Å². The van der Waals surface area contributed by atoms with Crippen molar-refractivity contribution in [2.24, 2.45) is 0 Å². The van der Waals surface area contributed by atoms with Gasteiger partial charge in [-0.1, -0.05) is 0 Å². The van der Waals surface area contributed by atoms with Gasteiger partial charge in [-0.3, -0.25) is 0 Å². The van der Waals surface area contributed by atoms with Gasteiger partial charge in [-0.15, -0.1) is 0 Å². The molecule has 0 unspecified atom stereocenters. The molecule has 0 saturated carbocycles. The zero-order chi connectivity index (χ0) is 17.6. The average molecular weight is 398 g/mol. The molecule has 2 rings (SSSR count). The maximum absolute atomic E-state index is 13.4. The Morgan fingerprint density at radius 3 is 0.696 bits per heavy atom. The molecule has 2 aromatic carbocycles. The van der Waals surface area contributed by atoms with Crippen LogP contribution in [0.2, 0.25) is 0 Å². The second-order valence-electron chi connectivity index (χ2n) is 3.77. The van der Waals surface area contributed by atoms with E-state index in [1.807, 2.05) is 0 Å². The molecule has 2 aromatic rings. The quantitative estimate of drug-likeness (QED) is 0.316. The van der Waals surface area contributed by atoms with Gasteiger partial charge in [-0.2, -0.15) is 0 Å². The monoisotopic (exact) mass is 397 g/mol. The van der Waals surface area contributed by atoms with Crippen LogP contribution in [0.15, 0.2) is 0 Å². The third-order valence-electron chi connectivity index (χ3n) is 2.40. The molecule has 0 aromatic heterocycles. The normalized spacial score (nSPS) is 11.4. The molecule has 129 valence electrons. The molecule has 0 atom stereocenters. The van der Waals surface area contributed by atoms with E-state index in [1.54, 1.807) is 0 Å². The number of halogens is 10. The summed E-state index contributed by atoms with van der Waals surface area (Å²) in [5, 5.41) is 0. The zero-order valence-electron chi connectivity index (χ0n) is 10.1. The first kappa shape index (κ1) is 17.6. The van der Waals surface area contributed by atoms with E-state index in [0.717, 1.165) is 0 Å². The summed E-state index contributed by atoms with van der Waals surface area (Å²) in [7, 11) is 0. The molecular formula is C12CuF10. The molecule has 0 spiro atoms. The Kier molecular flexibility index (Phi) is 4.63. The summed E-state index contributed by atoms with van der Waals surface area (Å²) < 4.78 is 127. The van der Waals surface area contributed by atoms with Crippen molar-refractivity contribution in [3.05, 3.63) is 58.2 Å². The Morgan fingerprint density at radius 1 is 0.304 bits per heavy atom. The van der Waals surface area contributed by atoms with Gasteiger partial charge in [0.05, 0.1) is 0 Å². The van der Waals surface area contributed by atoms with Crippen LogP contribution in [0.25, 0.3) is 0 Å². The van der Waals surface area contributed by atoms with Crippen molar-refractivity contribution in [2.75, 3.05) is 0 Å². The average Bonchev–Trinajstić information content (AvgIpc) is 2.54. The van der Waals surface area contributed by atoms with Crippen LogP contribution < -0.4 is 8.92 Å². The Morgan fingerprint density at radius 2 is 0.478 bits per heavy atom. The fourth-order valence-corrected chi connectivity index (χ4v) is 2.39. The number of benzene rings is 2. The van der Waals surface area contributed by atoms with E-state index in [4.69, 9.17) is 0 Å².